The molecule has 2 rings (SSSR count). The first-order valence-corrected chi connectivity index (χ1v) is 6.48. The van der Waals surface area contributed by atoms with Crippen LogP contribution in [0.1, 0.15) is 30.6 Å². The summed E-state index contributed by atoms with van der Waals surface area (Å²) < 4.78 is 0. The molecule has 0 radical (unpaired) electrons. The van der Waals surface area contributed by atoms with Crippen LogP contribution < -0.4 is 10.7 Å². The van der Waals surface area contributed by atoms with Gasteiger partial charge in [0.1, 0.15) is 5.56 Å². The zero-order valence-corrected chi connectivity index (χ0v) is 11.2. The van der Waals surface area contributed by atoms with E-state index in [1.165, 1.54) is 6.20 Å². The number of hydrogen-bond donors (Lipinski definition) is 2. The third-order valence-electron chi connectivity index (χ3n) is 3.04. The summed E-state index contributed by atoms with van der Waals surface area (Å²) in [7, 11) is 0. The van der Waals surface area contributed by atoms with E-state index in [4.69, 9.17) is 0 Å². The van der Waals surface area contributed by atoms with Crippen molar-refractivity contribution in [2.45, 2.75) is 20.3 Å². The van der Waals surface area contributed by atoms with Gasteiger partial charge in [0.25, 0.3) is 5.91 Å². The fraction of sp³-hybridized carbons (Fsp3) is 0.333. The van der Waals surface area contributed by atoms with Crippen molar-refractivity contribution in [1.82, 2.24) is 10.3 Å². The summed E-state index contributed by atoms with van der Waals surface area (Å²) >= 11 is 0. The minimum Gasteiger partial charge on any atom is -0.360 e. The van der Waals surface area contributed by atoms with E-state index in [1.54, 1.807) is 12.1 Å². The van der Waals surface area contributed by atoms with Crippen LogP contribution in [0.5, 0.6) is 0 Å². The van der Waals surface area contributed by atoms with Crippen LogP contribution in [0.15, 0.2) is 35.3 Å². The number of para-hydroxylation sites is 1. The quantitative estimate of drug-likeness (QED) is 0.884. The Morgan fingerprint density at radius 1 is 1.32 bits per heavy atom. The number of H-pyrrole nitrogens is 1. The summed E-state index contributed by atoms with van der Waals surface area (Å²) in [6.07, 6.45) is 2.38. The highest BCUT2D eigenvalue weighted by Gasteiger charge is 2.12. The lowest BCUT2D eigenvalue weighted by atomic mass is 10.1. The molecular weight excluding hydrogens is 240 g/mol. The number of nitrogens with one attached hydrogen (secondary N) is 2. The van der Waals surface area contributed by atoms with Crippen molar-refractivity contribution >= 4 is 16.8 Å². The van der Waals surface area contributed by atoms with Gasteiger partial charge in [-0.3, -0.25) is 9.59 Å². The number of aromatic nitrogens is 1. The van der Waals surface area contributed by atoms with Gasteiger partial charge in [-0.15, -0.1) is 0 Å². The zero-order valence-electron chi connectivity index (χ0n) is 11.2. The molecule has 1 aromatic carbocycles. The van der Waals surface area contributed by atoms with E-state index in [0.717, 1.165) is 11.9 Å². The Labute approximate surface area is 111 Å². The Bertz CT molecular complexity index is 644. The number of fused-ring (bicyclic) bond motifs is 1. The zero-order chi connectivity index (χ0) is 13.8. The van der Waals surface area contributed by atoms with Crippen LogP contribution in [0.25, 0.3) is 10.9 Å². The van der Waals surface area contributed by atoms with Gasteiger partial charge in [0.05, 0.1) is 0 Å². The lowest BCUT2D eigenvalue weighted by Crippen LogP contribution is -2.30. The van der Waals surface area contributed by atoms with Gasteiger partial charge >= 0.3 is 0 Å². The first-order valence-electron chi connectivity index (χ1n) is 6.48. The van der Waals surface area contributed by atoms with E-state index < -0.39 is 0 Å². The number of amides is 1. The van der Waals surface area contributed by atoms with Crippen molar-refractivity contribution in [3.63, 3.8) is 0 Å². The summed E-state index contributed by atoms with van der Waals surface area (Å²) in [6.45, 7) is 4.77. The molecule has 1 aromatic heterocycles. The maximum absolute atomic E-state index is 12.2. The van der Waals surface area contributed by atoms with E-state index in [-0.39, 0.29) is 16.9 Å². The topological polar surface area (TPSA) is 62.0 Å². The van der Waals surface area contributed by atoms with Gasteiger partial charge in [-0.1, -0.05) is 26.0 Å². The van der Waals surface area contributed by atoms with Crippen molar-refractivity contribution in [1.29, 1.82) is 0 Å². The Balaban J connectivity index is 2.23. The molecule has 2 aromatic rings. The van der Waals surface area contributed by atoms with E-state index in [2.05, 4.69) is 24.1 Å². The third-order valence-corrected chi connectivity index (χ3v) is 3.04. The van der Waals surface area contributed by atoms with Crippen molar-refractivity contribution in [2.24, 2.45) is 5.92 Å². The molecule has 19 heavy (non-hydrogen) atoms. The van der Waals surface area contributed by atoms with Gasteiger partial charge in [-0.25, -0.2) is 0 Å². The lowest BCUT2D eigenvalue weighted by Gasteiger charge is -2.07. The van der Waals surface area contributed by atoms with Crippen LogP contribution in [-0.4, -0.2) is 17.4 Å². The van der Waals surface area contributed by atoms with Crippen molar-refractivity contribution in [2.75, 3.05) is 6.54 Å². The highest BCUT2D eigenvalue weighted by Crippen LogP contribution is 2.07. The SMILES string of the molecule is CC(C)CCNC(=O)c1c[nH]c2ccccc2c1=O. The Kier molecular flexibility index (Phi) is 4.00. The average Bonchev–Trinajstić information content (AvgIpc) is 2.39. The third kappa shape index (κ3) is 3.02. The van der Waals surface area contributed by atoms with Crippen molar-refractivity contribution in [3.05, 3.63) is 46.2 Å². The summed E-state index contributed by atoms with van der Waals surface area (Å²) in [6, 6.07) is 7.18. The van der Waals surface area contributed by atoms with Crippen molar-refractivity contribution in [3.8, 4) is 0 Å². The molecule has 0 aliphatic heterocycles. The Hall–Kier alpha value is -2.10. The molecule has 100 valence electrons. The maximum atomic E-state index is 12.2. The molecule has 0 unspecified atom stereocenters. The molecule has 1 heterocycles. The molecule has 1 amide bonds. The normalized spacial score (nSPS) is 10.9. The van der Waals surface area contributed by atoms with Crippen molar-refractivity contribution < 1.29 is 4.79 Å². The first-order chi connectivity index (χ1) is 9.09. The maximum Gasteiger partial charge on any atom is 0.256 e. The molecule has 0 atom stereocenters. The van der Waals surface area contributed by atoms with E-state index >= 15 is 0 Å². The van der Waals surface area contributed by atoms with E-state index in [0.29, 0.717) is 17.8 Å². The monoisotopic (exact) mass is 258 g/mol. The highest BCUT2D eigenvalue weighted by atomic mass is 16.2. The second-order valence-electron chi connectivity index (χ2n) is 5.02. The minimum atomic E-state index is -0.312. The van der Waals surface area contributed by atoms with Crippen LogP contribution in [0.2, 0.25) is 0 Å². The fourth-order valence-corrected chi connectivity index (χ4v) is 1.91. The fourth-order valence-electron chi connectivity index (χ4n) is 1.91. The lowest BCUT2D eigenvalue weighted by molar-refractivity contribution is 0.0951. The smallest absolute Gasteiger partial charge is 0.256 e. The summed E-state index contributed by atoms with van der Waals surface area (Å²) in [5, 5.41) is 3.32. The second-order valence-corrected chi connectivity index (χ2v) is 5.02. The summed E-state index contributed by atoms with van der Waals surface area (Å²) in [5.41, 5.74) is 0.685. The minimum absolute atomic E-state index is 0.169. The molecule has 4 heteroatoms. The molecule has 0 saturated carbocycles. The predicted octanol–water partition coefficient (Wildman–Crippen LogP) is 2.30. The molecule has 0 saturated heterocycles. The molecule has 2 N–H and O–H groups in total. The number of aromatic amines is 1. The standard InChI is InChI=1S/C15H18N2O2/c1-10(2)7-8-16-15(19)12-9-17-13-6-4-3-5-11(13)14(12)18/h3-6,9-10H,7-8H2,1-2H3,(H,16,19)(H,17,18). The summed E-state index contributed by atoms with van der Waals surface area (Å²) in [4.78, 5) is 27.1. The number of rotatable bonds is 4. The Morgan fingerprint density at radius 2 is 2.05 bits per heavy atom. The summed E-state index contributed by atoms with van der Waals surface area (Å²) in [5.74, 6) is 0.211. The van der Waals surface area contributed by atoms with Crippen LogP contribution in [0.4, 0.5) is 0 Å². The molecule has 0 bridgehead atoms. The van der Waals surface area contributed by atoms with E-state index in [1.807, 2.05) is 12.1 Å². The number of carbonyl (C=O) groups is 1. The number of carbonyl (C=O) groups excluding carboxylic acids is 1. The van der Waals surface area contributed by atoms with Gasteiger partial charge < -0.3 is 10.3 Å². The number of hydrogen-bond acceptors (Lipinski definition) is 2. The Morgan fingerprint density at radius 3 is 2.79 bits per heavy atom. The second kappa shape index (κ2) is 5.69. The van der Waals surface area contributed by atoms with Gasteiger partial charge in [-0.2, -0.15) is 0 Å². The largest absolute Gasteiger partial charge is 0.360 e. The predicted molar refractivity (Wildman–Crippen MR) is 76.4 cm³/mol. The van der Waals surface area contributed by atoms with Gasteiger partial charge in [0.15, 0.2) is 0 Å². The van der Waals surface area contributed by atoms with Crippen LogP contribution in [0.3, 0.4) is 0 Å². The van der Waals surface area contributed by atoms with Gasteiger partial charge in [0, 0.05) is 23.6 Å². The molecular formula is C15H18N2O2. The molecule has 0 aliphatic rings. The van der Waals surface area contributed by atoms with E-state index in [9.17, 15) is 9.59 Å². The first kappa shape index (κ1) is 13.3. The molecule has 0 fully saturated rings. The molecule has 0 aliphatic carbocycles. The number of benzene rings is 1. The van der Waals surface area contributed by atoms with Gasteiger partial charge in [-0.05, 0) is 24.5 Å². The van der Waals surface area contributed by atoms with Crippen LogP contribution in [-0.2, 0) is 0 Å². The van der Waals surface area contributed by atoms with Crippen LogP contribution in [0, 0.1) is 5.92 Å². The molecule has 4 nitrogen and oxygen atoms in total. The number of pyridine rings is 1. The highest BCUT2D eigenvalue weighted by molar-refractivity contribution is 5.97. The van der Waals surface area contributed by atoms with Gasteiger partial charge in [0.2, 0.25) is 5.43 Å². The average molecular weight is 258 g/mol. The van der Waals surface area contributed by atoms with Crippen LogP contribution >= 0.6 is 0 Å². The molecule has 0 spiro atoms.